The Bertz CT molecular complexity index is 915. The van der Waals surface area contributed by atoms with Crippen LogP contribution < -0.4 is 10.2 Å². The highest BCUT2D eigenvalue weighted by Crippen LogP contribution is 2.36. The third kappa shape index (κ3) is 3.07. The first-order chi connectivity index (χ1) is 12.2. The molecule has 25 heavy (non-hydrogen) atoms. The van der Waals surface area contributed by atoms with E-state index in [2.05, 4.69) is 15.3 Å². The van der Waals surface area contributed by atoms with Gasteiger partial charge in [-0.25, -0.2) is 9.98 Å². The molecule has 2 aromatic carbocycles. The van der Waals surface area contributed by atoms with Gasteiger partial charge in [0.25, 0.3) is 0 Å². The number of benzene rings is 2. The molecule has 0 saturated heterocycles. The second-order valence-corrected chi connectivity index (χ2v) is 5.97. The number of para-hydroxylation sites is 1. The van der Waals surface area contributed by atoms with Crippen molar-refractivity contribution in [2.24, 2.45) is 4.99 Å². The summed E-state index contributed by atoms with van der Waals surface area (Å²) in [7, 11) is 0. The predicted molar refractivity (Wildman–Crippen MR) is 100 cm³/mol. The Morgan fingerprint density at radius 1 is 1.00 bits per heavy atom. The zero-order chi connectivity index (χ0) is 17.2. The highest BCUT2D eigenvalue weighted by molar-refractivity contribution is 6.31. The van der Waals surface area contributed by atoms with Gasteiger partial charge < -0.3 is 10.4 Å². The Morgan fingerprint density at radius 2 is 1.80 bits per heavy atom. The number of aliphatic hydroxyl groups excluding tert-OH is 1. The number of fused-ring (bicyclic) bond motifs is 1. The molecule has 4 rings (SSSR count). The van der Waals surface area contributed by atoms with Crippen molar-refractivity contribution in [3.05, 3.63) is 83.5 Å². The number of aliphatic hydroxyl groups is 1. The lowest BCUT2D eigenvalue weighted by atomic mass is 10.1. The fourth-order valence-electron chi connectivity index (χ4n) is 2.79. The number of hydrogen-bond donors (Lipinski definition) is 2. The fraction of sp³-hybridized carbons (Fsp3) is 0.0526. The summed E-state index contributed by atoms with van der Waals surface area (Å²) in [6.07, 6.45) is 0.626. The molecule has 1 unspecified atom stereocenters. The van der Waals surface area contributed by atoms with Crippen LogP contribution in [0.3, 0.4) is 0 Å². The first kappa shape index (κ1) is 15.6. The Morgan fingerprint density at radius 3 is 2.56 bits per heavy atom. The lowest BCUT2D eigenvalue weighted by Gasteiger charge is -2.34. The minimum Gasteiger partial charge on any atom is -0.355 e. The second kappa shape index (κ2) is 6.55. The maximum Gasteiger partial charge on any atom is 0.231 e. The zero-order valence-electron chi connectivity index (χ0n) is 13.2. The lowest BCUT2D eigenvalue weighted by molar-refractivity contribution is 0.190. The van der Waals surface area contributed by atoms with E-state index in [1.54, 1.807) is 17.2 Å². The van der Waals surface area contributed by atoms with E-state index in [0.29, 0.717) is 16.7 Å². The van der Waals surface area contributed by atoms with Crippen LogP contribution in [-0.4, -0.2) is 22.3 Å². The van der Waals surface area contributed by atoms with E-state index < -0.39 is 6.35 Å². The van der Waals surface area contributed by atoms with Crippen molar-refractivity contribution < 1.29 is 5.11 Å². The lowest BCUT2D eigenvalue weighted by Crippen LogP contribution is -2.37. The quantitative estimate of drug-likeness (QED) is 0.732. The van der Waals surface area contributed by atoms with Crippen molar-refractivity contribution in [1.29, 1.82) is 0 Å². The highest BCUT2D eigenvalue weighted by Gasteiger charge is 2.28. The zero-order valence-corrected chi connectivity index (χ0v) is 13.9. The minimum absolute atomic E-state index is 0.546. The van der Waals surface area contributed by atoms with Gasteiger partial charge in [0.1, 0.15) is 11.7 Å². The number of hydrogen-bond acceptors (Lipinski definition) is 5. The summed E-state index contributed by atoms with van der Waals surface area (Å²) in [6.45, 7) is 0. The highest BCUT2D eigenvalue weighted by atomic mass is 35.5. The van der Waals surface area contributed by atoms with Gasteiger partial charge in [0.2, 0.25) is 6.35 Å². The van der Waals surface area contributed by atoms with Crippen molar-refractivity contribution in [3.63, 3.8) is 0 Å². The van der Waals surface area contributed by atoms with Crippen LogP contribution in [-0.2, 0) is 0 Å². The number of nitrogens with one attached hydrogen (secondary N) is 1. The molecule has 0 radical (unpaired) electrons. The average molecular weight is 351 g/mol. The smallest absolute Gasteiger partial charge is 0.231 e. The van der Waals surface area contributed by atoms with Gasteiger partial charge in [-0.2, -0.15) is 0 Å². The molecule has 6 heteroatoms. The molecule has 2 N–H and O–H groups in total. The molecule has 0 bridgehead atoms. The number of pyridine rings is 1. The van der Waals surface area contributed by atoms with Gasteiger partial charge in [-0.3, -0.25) is 4.90 Å². The van der Waals surface area contributed by atoms with Crippen molar-refractivity contribution in [1.82, 2.24) is 4.98 Å². The molecule has 2 heterocycles. The number of nitrogens with zero attached hydrogens (tertiary/aromatic N) is 3. The number of halogens is 1. The van der Waals surface area contributed by atoms with Crippen LogP contribution in [0.15, 0.2) is 77.9 Å². The fourth-order valence-corrected chi connectivity index (χ4v) is 2.96. The van der Waals surface area contributed by atoms with Gasteiger partial charge in [-0.05, 0) is 42.5 Å². The molecule has 0 fully saturated rings. The van der Waals surface area contributed by atoms with Crippen LogP contribution >= 0.6 is 11.6 Å². The SMILES string of the molecule is OC1N=C(Nc2ccccn2)c2ccc(Cl)cc2N1c1ccccc1. The Kier molecular flexibility index (Phi) is 4.09. The van der Waals surface area contributed by atoms with Gasteiger partial charge in [-0.15, -0.1) is 0 Å². The molecule has 124 valence electrons. The molecule has 1 aliphatic rings. The van der Waals surface area contributed by atoms with E-state index in [1.807, 2.05) is 60.7 Å². The van der Waals surface area contributed by atoms with Crippen molar-refractivity contribution >= 4 is 34.6 Å². The van der Waals surface area contributed by atoms with Crippen LogP contribution in [0.2, 0.25) is 5.02 Å². The molecule has 1 atom stereocenters. The molecule has 0 amide bonds. The van der Waals surface area contributed by atoms with E-state index in [1.165, 1.54) is 0 Å². The first-order valence-electron chi connectivity index (χ1n) is 7.80. The van der Waals surface area contributed by atoms with Gasteiger partial charge in [-0.1, -0.05) is 35.9 Å². The van der Waals surface area contributed by atoms with Crippen molar-refractivity contribution in [3.8, 4) is 0 Å². The molecule has 0 saturated carbocycles. The third-order valence-corrected chi connectivity index (χ3v) is 4.13. The van der Waals surface area contributed by atoms with Gasteiger partial charge >= 0.3 is 0 Å². The molecule has 1 aliphatic heterocycles. The summed E-state index contributed by atoms with van der Waals surface area (Å²) in [5, 5.41) is 14.4. The number of rotatable bonds is 2. The van der Waals surface area contributed by atoms with Gasteiger partial charge in [0.05, 0.1) is 5.69 Å². The van der Waals surface area contributed by atoms with Crippen LogP contribution in [0.4, 0.5) is 17.2 Å². The van der Waals surface area contributed by atoms with E-state index >= 15 is 0 Å². The number of aliphatic imine (C=N–C) groups is 1. The summed E-state index contributed by atoms with van der Waals surface area (Å²) >= 11 is 6.20. The Labute approximate surface area is 150 Å². The van der Waals surface area contributed by atoms with Gasteiger partial charge in [0.15, 0.2) is 0 Å². The van der Waals surface area contributed by atoms with E-state index in [4.69, 9.17) is 11.6 Å². The van der Waals surface area contributed by atoms with E-state index in [9.17, 15) is 5.11 Å². The summed E-state index contributed by atoms with van der Waals surface area (Å²) < 4.78 is 0. The second-order valence-electron chi connectivity index (χ2n) is 5.53. The third-order valence-electron chi connectivity index (χ3n) is 3.90. The van der Waals surface area contributed by atoms with E-state index in [-0.39, 0.29) is 0 Å². The molecular weight excluding hydrogens is 336 g/mol. The topological polar surface area (TPSA) is 60.8 Å². The summed E-state index contributed by atoms with van der Waals surface area (Å²) in [4.78, 5) is 10.4. The summed E-state index contributed by atoms with van der Waals surface area (Å²) in [5.74, 6) is 1.20. The van der Waals surface area contributed by atoms with Crippen LogP contribution in [0.5, 0.6) is 0 Å². The molecule has 5 nitrogen and oxygen atoms in total. The number of aromatic nitrogens is 1. The molecule has 0 aliphatic carbocycles. The van der Waals surface area contributed by atoms with E-state index in [0.717, 1.165) is 16.9 Å². The monoisotopic (exact) mass is 350 g/mol. The molecule has 0 spiro atoms. The number of anilines is 3. The Hall–Kier alpha value is -2.89. The molecule has 1 aromatic heterocycles. The van der Waals surface area contributed by atoms with Crippen LogP contribution in [0.25, 0.3) is 0 Å². The summed E-state index contributed by atoms with van der Waals surface area (Å²) in [5.41, 5.74) is 2.45. The van der Waals surface area contributed by atoms with Crippen molar-refractivity contribution in [2.45, 2.75) is 6.35 Å². The predicted octanol–water partition coefficient (Wildman–Crippen LogP) is 4.02. The molecule has 3 aromatic rings. The maximum atomic E-state index is 10.6. The van der Waals surface area contributed by atoms with Crippen LogP contribution in [0.1, 0.15) is 5.56 Å². The Balaban J connectivity index is 1.80. The van der Waals surface area contributed by atoms with Crippen molar-refractivity contribution in [2.75, 3.05) is 10.2 Å². The first-order valence-corrected chi connectivity index (χ1v) is 8.18. The van der Waals surface area contributed by atoms with Gasteiger partial charge in [0, 0.05) is 22.5 Å². The average Bonchev–Trinajstić information content (AvgIpc) is 2.63. The standard InChI is InChI=1S/C19H15ClN4O/c20-13-9-10-15-16(12-13)24(14-6-2-1-3-7-14)19(25)23-18(15)22-17-8-4-5-11-21-17/h1-12,19,25H,(H,21,22,23). The molecular formula is C19H15ClN4O. The normalized spacial score (nSPS) is 16.2. The summed E-state index contributed by atoms with van der Waals surface area (Å²) in [6, 6.07) is 20.7. The number of amidine groups is 1. The minimum atomic E-state index is -1.07. The van der Waals surface area contributed by atoms with Crippen LogP contribution in [0, 0.1) is 0 Å². The maximum absolute atomic E-state index is 10.6. The largest absolute Gasteiger partial charge is 0.355 e.